The van der Waals surface area contributed by atoms with Gasteiger partial charge in [-0.2, -0.15) is 0 Å². The van der Waals surface area contributed by atoms with E-state index >= 15 is 0 Å². The summed E-state index contributed by atoms with van der Waals surface area (Å²) in [5.74, 6) is 0.0484. The number of carbonyl (C=O) groups is 2. The Morgan fingerprint density at radius 2 is 1.91 bits per heavy atom. The first-order chi connectivity index (χ1) is 21.4. The van der Waals surface area contributed by atoms with E-state index in [1.807, 2.05) is 28.0 Å². The second kappa shape index (κ2) is 11.3. The third-order valence-corrected chi connectivity index (χ3v) is 11.8. The van der Waals surface area contributed by atoms with Gasteiger partial charge < -0.3 is 20.0 Å². The number of thioether (sulfide) groups is 1. The summed E-state index contributed by atoms with van der Waals surface area (Å²) in [5, 5.41) is 5.48. The molecular weight excluding hydrogens is 627 g/mol. The van der Waals surface area contributed by atoms with Gasteiger partial charge in [-0.05, 0) is 93.5 Å². The molecule has 4 aliphatic heterocycles. The van der Waals surface area contributed by atoms with Gasteiger partial charge >= 0.3 is 0 Å². The number of rotatable bonds is 5. The minimum Gasteiger partial charge on any atom is -0.338 e. The number of likely N-dealkylation sites (tertiary alicyclic amines) is 1. The Hall–Kier alpha value is -2.59. The number of amidine groups is 1. The van der Waals surface area contributed by atoms with Gasteiger partial charge in [-0.25, -0.2) is 9.98 Å². The molecule has 0 bridgehead atoms. The number of fused-ring (bicyclic) bond motifs is 1. The lowest BCUT2D eigenvalue weighted by molar-refractivity contribution is -0.144. The Morgan fingerprint density at radius 3 is 2.58 bits per heavy atom. The summed E-state index contributed by atoms with van der Waals surface area (Å²) in [6.45, 7) is 12.8. The first-order valence-corrected chi connectivity index (χ1v) is 17.6. The number of allylic oxidation sites excluding steroid dienone is 1. The highest BCUT2D eigenvalue weighted by molar-refractivity contribution is 8.18. The topological polar surface area (TPSA) is 81.1 Å². The third-order valence-electron chi connectivity index (χ3n) is 10.3. The lowest BCUT2D eigenvalue weighted by Gasteiger charge is -2.38. The van der Waals surface area contributed by atoms with E-state index in [0.717, 1.165) is 59.9 Å². The lowest BCUT2D eigenvalue weighted by atomic mass is 9.80. The number of aromatic nitrogens is 1. The fourth-order valence-corrected chi connectivity index (χ4v) is 9.44. The quantitative estimate of drug-likeness (QED) is 0.378. The van der Waals surface area contributed by atoms with Crippen molar-refractivity contribution in [1.29, 1.82) is 0 Å². The van der Waals surface area contributed by atoms with Gasteiger partial charge in [-0.1, -0.05) is 49.2 Å². The molecule has 2 aromatic rings. The smallest absolute Gasteiger partial charge is 0.263 e. The van der Waals surface area contributed by atoms with E-state index in [1.165, 1.54) is 11.8 Å². The van der Waals surface area contributed by atoms with Gasteiger partial charge in [0.05, 0.1) is 6.04 Å². The van der Waals surface area contributed by atoms with Gasteiger partial charge in [0.2, 0.25) is 5.91 Å². The van der Waals surface area contributed by atoms with E-state index < -0.39 is 11.6 Å². The maximum absolute atomic E-state index is 14.7. The van der Waals surface area contributed by atoms with Gasteiger partial charge in [-0.15, -0.1) is 0 Å². The molecule has 7 rings (SSSR count). The molecule has 3 fully saturated rings. The van der Waals surface area contributed by atoms with Crippen LogP contribution in [0.2, 0.25) is 10.2 Å². The number of nitrogens with one attached hydrogen (secondary N) is 1. The van der Waals surface area contributed by atoms with Crippen molar-refractivity contribution in [3.63, 3.8) is 0 Å². The Balaban J connectivity index is 1.28. The van der Waals surface area contributed by atoms with E-state index in [2.05, 4.69) is 55.9 Å². The lowest BCUT2D eigenvalue weighted by Crippen LogP contribution is -2.58. The first kappa shape index (κ1) is 31.0. The van der Waals surface area contributed by atoms with Crippen molar-refractivity contribution in [2.45, 2.75) is 89.5 Å². The van der Waals surface area contributed by atoms with Crippen LogP contribution in [0.1, 0.15) is 76.1 Å². The molecule has 1 aromatic carbocycles. The van der Waals surface area contributed by atoms with Gasteiger partial charge in [0.15, 0.2) is 5.17 Å². The predicted octanol–water partition coefficient (Wildman–Crippen LogP) is 6.28. The molecule has 8 nitrogen and oxygen atoms in total. The molecule has 4 atom stereocenters. The number of nitrogens with zero attached hydrogens (tertiary/aromatic N) is 5. The van der Waals surface area contributed by atoms with Crippen molar-refractivity contribution in [2.24, 2.45) is 10.9 Å². The van der Waals surface area contributed by atoms with Crippen molar-refractivity contribution in [3.8, 4) is 0 Å². The first-order valence-electron chi connectivity index (χ1n) is 16.0. The van der Waals surface area contributed by atoms with Crippen LogP contribution in [0.5, 0.6) is 0 Å². The summed E-state index contributed by atoms with van der Waals surface area (Å²) < 4.78 is 0. The second-order valence-corrected chi connectivity index (χ2v) is 15.6. The molecule has 2 saturated heterocycles. The summed E-state index contributed by atoms with van der Waals surface area (Å²) in [4.78, 5) is 45.3. The molecule has 1 saturated carbocycles. The van der Waals surface area contributed by atoms with Gasteiger partial charge in [0.25, 0.3) is 5.91 Å². The van der Waals surface area contributed by atoms with Gasteiger partial charge in [-0.3, -0.25) is 9.59 Å². The molecule has 0 radical (unpaired) electrons. The van der Waals surface area contributed by atoms with Crippen LogP contribution >= 0.6 is 35.0 Å². The van der Waals surface area contributed by atoms with E-state index in [-0.39, 0.29) is 35.4 Å². The number of hydrogen-bond acceptors (Lipinski definition) is 7. The SMILES string of the molecule is Cc1cc(Cl)ccc1C1N2C(=N[C@@]1(C)c1ccc(Cl)nc1)SC(C(=O)N1C(C(=O)N3CCNC4(CC4)C3)CC[C@H]1C)=C2C(C)C. The minimum atomic E-state index is -0.701. The predicted molar refractivity (Wildman–Crippen MR) is 180 cm³/mol. The van der Waals surface area contributed by atoms with Crippen LogP contribution in [0, 0.1) is 12.8 Å². The average Bonchev–Trinajstić information content (AvgIpc) is 3.32. The molecule has 2 amide bonds. The molecule has 1 aromatic heterocycles. The number of pyridine rings is 1. The van der Waals surface area contributed by atoms with Crippen LogP contribution in [0.3, 0.4) is 0 Å². The van der Waals surface area contributed by atoms with Gasteiger partial charge in [0.1, 0.15) is 21.6 Å². The summed E-state index contributed by atoms with van der Waals surface area (Å²) in [5.41, 5.74) is 3.40. The zero-order valence-corrected chi connectivity index (χ0v) is 28.8. The minimum absolute atomic E-state index is 0.0251. The maximum atomic E-state index is 14.7. The fraction of sp³-hybridized carbons (Fsp3) is 0.529. The Kier molecular flexibility index (Phi) is 7.78. The maximum Gasteiger partial charge on any atom is 0.263 e. The molecule has 2 unspecified atom stereocenters. The summed E-state index contributed by atoms with van der Waals surface area (Å²) >= 11 is 14.1. The highest BCUT2D eigenvalue weighted by Crippen LogP contribution is 2.57. The van der Waals surface area contributed by atoms with Crippen molar-refractivity contribution < 1.29 is 9.59 Å². The Bertz CT molecular complexity index is 1620. The van der Waals surface area contributed by atoms with E-state index in [4.69, 9.17) is 28.2 Å². The number of halogens is 2. The van der Waals surface area contributed by atoms with Crippen LogP contribution in [0.15, 0.2) is 52.1 Å². The highest BCUT2D eigenvalue weighted by atomic mass is 35.5. The molecule has 1 aliphatic carbocycles. The van der Waals surface area contributed by atoms with E-state index in [1.54, 1.807) is 12.3 Å². The number of amides is 2. The van der Waals surface area contributed by atoms with Crippen molar-refractivity contribution >= 4 is 51.9 Å². The normalized spacial score (nSPS) is 28.8. The van der Waals surface area contributed by atoms with Crippen molar-refractivity contribution in [2.75, 3.05) is 19.6 Å². The number of aryl methyl sites for hydroxylation is 1. The molecule has 238 valence electrons. The molecule has 1 spiro atoms. The summed E-state index contributed by atoms with van der Waals surface area (Å²) in [6.07, 6.45) is 5.52. The number of benzene rings is 1. The fourth-order valence-electron chi connectivity index (χ4n) is 7.75. The molecule has 5 heterocycles. The van der Waals surface area contributed by atoms with Crippen LogP contribution in [-0.4, -0.2) is 73.9 Å². The molecular formula is C34H40Cl2N6O2S. The Morgan fingerprint density at radius 1 is 1.13 bits per heavy atom. The molecule has 5 aliphatic rings. The largest absolute Gasteiger partial charge is 0.338 e. The van der Waals surface area contributed by atoms with E-state index in [0.29, 0.717) is 28.0 Å². The van der Waals surface area contributed by atoms with Crippen molar-refractivity contribution in [1.82, 2.24) is 25.0 Å². The summed E-state index contributed by atoms with van der Waals surface area (Å²) in [6, 6.07) is 9.04. The highest BCUT2D eigenvalue weighted by Gasteiger charge is 2.55. The number of piperazine rings is 1. The standard InChI is InChI=1S/C34H40Cl2N6O2S/c1-19(2)27-28(31(44)41-21(4)6-10-25(41)30(43)40-15-14-38-34(18-40)12-13-34)45-32-39-33(5,22-7-11-26(36)37-17-22)29(42(27)32)24-9-8-23(35)16-20(24)3/h7-9,11,16-17,19,21,25,29,38H,6,10,12-15,18H2,1-5H3/t21-,25?,29?,33+/m1/s1. The molecule has 1 N–H and O–H groups in total. The third kappa shape index (κ3) is 5.18. The Labute approximate surface area is 279 Å². The van der Waals surface area contributed by atoms with E-state index in [9.17, 15) is 9.59 Å². The molecule has 11 heteroatoms. The number of carbonyl (C=O) groups excluding carboxylic acids is 2. The molecule has 45 heavy (non-hydrogen) atoms. The monoisotopic (exact) mass is 666 g/mol. The van der Waals surface area contributed by atoms with Crippen LogP contribution in [0.4, 0.5) is 0 Å². The zero-order valence-electron chi connectivity index (χ0n) is 26.4. The number of hydrogen-bond donors (Lipinski definition) is 1. The summed E-state index contributed by atoms with van der Waals surface area (Å²) in [7, 11) is 0. The van der Waals surface area contributed by atoms with Crippen LogP contribution < -0.4 is 5.32 Å². The number of aliphatic imine (C=N–C) groups is 1. The average molecular weight is 668 g/mol. The van der Waals surface area contributed by atoms with Crippen LogP contribution in [-0.2, 0) is 15.1 Å². The van der Waals surface area contributed by atoms with Crippen molar-refractivity contribution in [3.05, 3.63) is 74.0 Å². The second-order valence-electron chi connectivity index (χ2n) is 13.8. The van der Waals surface area contributed by atoms with Crippen LogP contribution in [0.25, 0.3) is 0 Å². The van der Waals surface area contributed by atoms with Gasteiger partial charge in [0, 0.05) is 53.7 Å². The zero-order chi connectivity index (χ0) is 31.8.